The molecule has 0 aromatic heterocycles. The van der Waals surface area contributed by atoms with Crippen molar-refractivity contribution in [2.45, 2.75) is 18.6 Å². The summed E-state index contributed by atoms with van der Waals surface area (Å²) in [6.45, 7) is 2.87. The molecular formula is C4H10N2O2S. The van der Waals surface area contributed by atoms with E-state index in [2.05, 4.69) is 0 Å². The smallest absolute Gasteiger partial charge is 0.275 e. The molecule has 0 aromatic rings. The van der Waals surface area contributed by atoms with Gasteiger partial charge in [-0.1, -0.05) is 0 Å². The van der Waals surface area contributed by atoms with Crippen molar-refractivity contribution >= 4 is 17.3 Å². The lowest BCUT2D eigenvalue weighted by Crippen LogP contribution is -2.48. The molecule has 0 fully saturated rings. The highest BCUT2D eigenvalue weighted by Gasteiger charge is 2.36. The second-order valence-corrected chi connectivity index (χ2v) is 3.79. The molecule has 0 aliphatic rings. The molecule has 0 saturated heterocycles. The van der Waals surface area contributed by atoms with Crippen LogP contribution in [-0.4, -0.2) is 15.2 Å². The van der Waals surface area contributed by atoms with Gasteiger partial charge in [-0.25, -0.2) is 0 Å². The number of hydrogen-bond donors (Lipinski definition) is 2. The molecule has 0 bridgehead atoms. The molecule has 1 amide bonds. The molecule has 1 atom stereocenters. The summed E-state index contributed by atoms with van der Waals surface area (Å²) in [4.78, 5) is 10.4. The van der Waals surface area contributed by atoms with Gasteiger partial charge in [0.25, 0.3) is 5.91 Å². The maximum Gasteiger partial charge on any atom is 0.275 e. The molecule has 9 heavy (non-hydrogen) atoms. The van der Waals surface area contributed by atoms with Gasteiger partial charge < -0.3 is 10.3 Å². The van der Waals surface area contributed by atoms with E-state index in [1.807, 2.05) is 0 Å². The molecule has 0 aliphatic carbocycles. The fourth-order valence-corrected chi connectivity index (χ4v) is 0.297. The topological polar surface area (TPSA) is 92.2 Å². The van der Waals surface area contributed by atoms with Crippen molar-refractivity contribution in [1.82, 2.24) is 0 Å². The highest BCUT2D eigenvalue weighted by atomic mass is 32.2. The van der Waals surface area contributed by atoms with Gasteiger partial charge in [0.1, 0.15) is 0 Å². The van der Waals surface area contributed by atoms with Crippen LogP contribution >= 0.6 is 0 Å². The second-order valence-electron chi connectivity index (χ2n) is 2.17. The standard InChI is InChI=1S/C4H10N2O2S/c1-4(2,3(5)7)9(6)8/h6H2,1-2H3,(H2,5,7)/t9-/m1/s1. The highest BCUT2D eigenvalue weighted by molar-refractivity contribution is 7.91. The fourth-order valence-electron chi connectivity index (χ4n) is 0.0991. The zero-order chi connectivity index (χ0) is 7.65. The predicted molar refractivity (Wildman–Crippen MR) is 35.6 cm³/mol. The number of rotatable bonds is 2. The first-order valence-corrected chi connectivity index (χ1v) is 3.56. The minimum absolute atomic E-state index is 0.650. The van der Waals surface area contributed by atoms with Crippen LogP contribution < -0.4 is 10.9 Å². The van der Waals surface area contributed by atoms with Crippen molar-refractivity contribution in [2.75, 3.05) is 0 Å². The monoisotopic (exact) mass is 150 g/mol. The molecule has 4 nitrogen and oxygen atoms in total. The van der Waals surface area contributed by atoms with Crippen LogP contribution in [0.15, 0.2) is 0 Å². The van der Waals surface area contributed by atoms with Crippen molar-refractivity contribution in [3.8, 4) is 0 Å². The lowest BCUT2D eigenvalue weighted by atomic mass is 10.2. The Labute approximate surface area is 56.9 Å². The Bertz CT molecular complexity index is 124. The fraction of sp³-hybridized carbons (Fsp3) is 0.750. The van der Waals surface area contributed by atoms with E-state index in [0.29, 0.717) is 0 Å². The van der Waals surface area contributed by atoms with Gasteiger partial charge in [0, 0.05) is 0 Å². The Morgan fingerprint density at radius 3 is 2.00 bits per heavy atom. The van der Waals surface area contributed by atoms with E-state index < -0.39 is 22.0 Å². The van der Waals surface area contributed by atoms with E-state index >= 15 is 0 Å². The Hall–Kier alpha value is -0.260. The number of hydrogen-bond acceptors (Lipinski definition) is 3. The summed E-state index contributed by atoms with van der Waals surface area (Å²) >= 11 is -1.68. The highest BCUT2D eigenvalue weighted by Crippen LogP contribution is 2.10. The summed E-state index contributed by atoms with van der Waals surface area (Å²) in [6, 6.07) is 0. The lowest BCUT2D eigenvalue weighted by molar-refractivity contribution is -0.119. The summed E-state index contributed by atoms with van der Waals surface area (Å²) in [5, 5.41) is 4.94. The molecule has 0 unspecified atom stereocenters. The number of carbonyl (C=O) groups is 1. The molecule has 4 N–H and O–H groups in total. The van der Waals surface area contributed by atoms with Gasteiger partial charge >= 0.3 is 0 Å². The lowest BCUT2D eigenvalue weighted by Gasteiger charge is -2.19. The van der Waals surface area contributed by atoms with Crippen LogP contribution in [-0.2, 0) is 16.2 Å². The number of primary amides is 1. The Kier molecular flexibility index (Phi) is 2.48. The third-order valence-corrected chi connectivity index (χ3v) is 2.30. The molecule has 0 aromatic carbocycles. The first-order valence-electron chi connectivity index (χ1n) is 2.35. The largest absolute Gasteiger partial charge is 0.597 e. The molecule has 5 heteroatoms. The van der Waals surface area contributed by atoms with Gasteiger partial charge in [-0.15, -0.1) is 0 Å². The maximum atomic E-state index is 10.5. The Morgan fingerprint density at radius 2 is 2.00 bits per heavy atom. The molecule has 0 heterocycles. The minimum Gasteiger partial charge on any atom is -0.597 e. The van der Waals surface area contributed by atoms with E-state index in [1.54, 1.807) is 0 Å². The minimum atomic E-state index is -1.68. The van der Waals surface area contributed by atoms with Crippen molar-refractivity contribution in [1.29, 1.82) is 0 Å². The van der Waals surface area contributed by atoms with Gasteiger partial charge in [0.2, 0.25) is 4.75 Å². The molecule has 0 radical (unpaired) electrons. The molecule has 0 aliphatic heterocycles. The molecule has 0 spiro atoms. The summed E-state index contributed by atoms with van der Waals surface area (Å²) in [5.41, 5.74) is 4.86. The number of nitrogens with two attached hydrogens (primary N) is 2. The summed E-state index contributed by atoms with van der Waals surface area (Å²) in [5.74, 6) is -0.650. The molecular weight excluding hydrogens is 140 g/mol. The van der Waals surface area contributed by atoms with Gasteiger partial charge in [0.15, 0.2) is 0 Å². The summed E-state index contributed by atoms with van der Waals surface area (Å²) in [7, 11) is 0. The number of amides is 1. The number of carbonyl (C=O) groups excluding carboxylic acids is 1. The third kappa shape index (κ3) is 1.85. The van der Waals surface area contributed by atoms with E-state index in [1.165, 1.54) is 13.8 Å². The molecule has 0 rings (SSSR count). The van der Waals surface area contributed by atoms with Gasteiger partial charge in [-0.3, -0.25) is 4.79 Å². The van der Waals surface area contributed by atoms with Crippen LogP contribution in [0.5, 0.6) is 0 Å². The average Bonchev–Trinajstić information content (AvgIpc) is 1.65. The summed E-state index contributed by atoms with van der Waals surface area (Å²) < 4.78 is 9.38. The zero-order valence-corrected chi connectivity index (χ0v) is 6.20. The van der Waals surface area contributed by atoms with E-state index in [9.17, 15) is 9.35 Å². The van der Waals surface area contributed by atoms with Crippen LogP contribution in [0.3, 0.4) is 0 Å². The third-order valence-electron chi connectivity index (χ3n) is 1.10. The van der Waals surface area contributed by atoms with Crippen molar-refractivity contribution in [3.63, 3.8) is 0 Å². The normalized spacial score (nSPS) is 15.1. The van der Waals surface area contributed by atoms with Crippen LogP contribution in [0.25, 0.3) is 0 Å². The van der Waals surface area contributed by atoms with E-state index in [-0.39, 0.29) is 0 Å². The Balaban J connectivity index is 4.19. The second kappa shape index (κ2) is 2.55. The Morgan fingerprint density at radius 1 is 1.67 bits per heavy atom. The summed E-state index contributed by atoms with van der Waals surface area (Å²) in [6.07, 6.45) is 0. The van der Waals surface area contributed by atoms with Crippen LogP contribution in [0, 0.1) is 0 Å². The van der Waals surface area contributed by atoms with Gasteiger partial charge in [-0.2, -0.15) is 5.14 Å². The maximum absolute atomic E-state index is 10.5. The average molecular weight is 150 g/mol. The van der Waals surface area contributed by atoms with E-state index in [4.69, 9.17) is 10.9 Å². The first kappa shape index (κ1) is 8.74. The van der Waals surface area contributed by atoms with Gasteiger partial charge in [0.05, 0.1) is 11.4 Å². The van der Waals surface area contributed by atoms with Crippen molar-refractivity contribution in [2.24, 2.45) is 10.9 Å². The first-order chi connectivity index (χ1) is 3.89. The van der Waals surface area contributed by atoms with Gasteiger partial charge in [-0.05, 0) is 13.8 Å². The quantitative estimate of drug-likeness (QED) is 0.488. The SMILES string of the molecule is CC(C)(C(N)=O)[S@+](N)[O-]. The van der Waals surface area contributed by atoms with Crippen LogP contribution in [0.4, 0.5) is 0 Å². The molecule has 0 saturated carbocycles. The molecule has 54 valence electrons. The van der Waals surface area contributed by atoms with E-state index in [0.717, 1.165) is 0 Å². The predicted octanol–water partition coefficient (Wildman–Crippen LogP) is -1.13. The van der Waals surface area contributed by atoms with Crippen molar-refractivity contribution < 1.29 is 9.35 Å². The zero-order valence-electron chi connectivity index (χ0n) is 5.38. The van der Waals surface area contributed by atoms with Crippen LogP contribution in [0.1, 0.15) is 13.8 Å². The van der Waals surface area contributed by atoms with Crippen LogP contribution in [0.2, 0.25) is 0 Å². The van der Waals surface area contributed by atoms with Crippen molar-refractivity contribution in [3.05, 3.63) is 0 Å².